The van der Waals surface area contributed by atoms with Gasteiger partial charge in [-0.05, 0) is 37.2 Å². The van der Waals surface area contributed by atoms with E-state index in [0.29, 0.717) is 0 Å². The quantitative estimate of drug-likeness (QED) is 0.795. The zero-order valence-electron chi connectivity index (χ0n) is 8.58. The Morgan fingerprint density at radius 1 is 1.07 bits per heavy atom. The smallest absolute Gasteiger partial charge is 0.123 e. The molecule has 1 saturated heterocycles. The fourth-order valence-electron chi connectivity index (χ4n) is 1.76. The van der Waals surface area contributed by atoms with E-state index in [1.54, 1.807) is 0 Å². The van der Waals surface area contributed by atoms with Crippen molar-refractivity contribution in [2.75, 3.05) is 31.1 Å². The molecule has 0 aromatic heterocycles. The number of nitrogens with zero attached hydrogens (tertiary/aromatic N) is 1. The Morgan fingerprint density at radius 3 is 2.53 bits per heavy atom. The molecule has 0 unspecified atom stereocenters. The van der Waals surface area contributed by atoms with E-state index in [0.717, 1.165) is 38.3 Å². The highest BCUT2D eigenvalue weighted by Crippen LogP contribution is 2.15. The number of hydrogen-bond acceptors (Lipinski definition) is 2. The van der Waals surface area contributed by atoms with E-state index in [1.807, 2.05) is 12.1 Å². The first-order valence-electron chi connectivity index (χ1n) is 5.07. The summed E-state index contributed by atoms with van der Waals surface area (Å²) in [7, 11) is 0. The Balaban J connectivity index is 0.00000112. The molecule has 1 fully saturated rings. The second-order valence-corrected chi connectivity index (χ2v) is 3.57. The van der Waals surface area contributed by atoms with Gasteiger partial charge in [0.1, 0.15) is 5.82 Å². The van der Waals surface area contributed by atoms with E-state index in [4.69, 9.17) is 0 Å². The van der Waals surface area contributed by atoms with Gasteiger partial charge in [-0.15, -0.1) is 12.4 Å². The lowest BCUT2D eigenvalue weighted by Crippen LogP contribution is -2.27. The van der Waals surface area contributed by atoms with Crippen molar-refractivity contribution in [2.45, 2.75) is 6.42 Å². The van der Waals surface area contributed by atoms with Crippen molar-refractivity contribution in [1.29, 1.82) is 0 Å². The third kappa shape index (κ3) is 3.36. The summed E-state index contributed by atoms with van der Waals surface area (Å²) in [5.74, 6) is -0.165. The van der Waals surface area contributed by atoms with Crippen LogP contribution in [0, 0.1) is 5.82 Å². The first-order chi connectivity index (χ1) is 6.86. The van der Waals surface area contributed by atoms with Gasteiger partial charge >= 0.3 is 0 Å². The summed E-state index contributed by atoms with van der Waals surface area (Å²) in [4.78, 5) is 2.29. The second-order valence-electron chi connectivity index (χ2n) is 3.57. The van der Waals surface area contributed by atoms with E-state index in [9.17, 15) is 4.39 Å². The summed E-state index contributed by atoms with van der Waals surface area (Å²) in [6.45, 7) is 4.15. The van der Waals surface area contributed by atoms with Crippen molar-refractivity contribution in [3.8, 4) is 0 Å². The molecule has 15 heavy (non-hydrogen) atoms. The predicted molar refractivity (Wildman–Crippen MR) is 63.3 cm³/mol. The summed E-state index contributed by atoms with van der Waals surface area (Å²) in [6.07, 6.45) is 1.15. The molecule has 0 atom stereocenters. The molecule has 1 aliphatic heterocycles. The molecule has 4 heteroatoms. The largest absolute Gasteiger partial charge is 0.370 e. The molecule has 84 valence electrons. The molecule has 0 aliphatic carbocycles. The Hall–Kier alpha value is -0.800. The maximum absolute atomic E-state index is 12.7. The van der Waals surface area contributed by atoms with Crippen LogP contribution in [0.4, 0.5) is 10.1 Å². The number of anilines is 1. The standard InChI is InChI=1S/C11H15FN2.ClH/c12-10-2-4-11(5-3-10)14-8-1-6-13-7-9-14;/h2-5,13H,1,6-9H2;1H. The SMILES string of the molecule is Cl.Fc1ccc(N2CCCNCC2)cc1. The van der Waals surface area contributed by atoms with Gasteiger partial charge in [-0.2, -0.15) is 0 Å². The second kappa shape index (κ2) is 5.93. The van der Waals surface area contributed by atoms with Gasteiger partial charge in [0.2, 0.25) is 0 Å². The van der Waals surface area contributed by atoms with Gasteiger partial charge in [0.15, 0.2) is 0 Å². The third-order valence-electron chi connectivity index (χ3n) is 2.53. The van der Waals surface area contributed by atoms with Crippen LogP contribution >= 0.6 is 12.4 Å². The number of nitrogens with one attached hydrogen (secondary N) is 1. The molecule has 0 radical (unpaired) electrons. The molecule has 1 aromatic rings. The van der Waals surface area contributed by atoms with Crippen molar-refractivity contribution in [3.63, 3.8) is 0 Å². The summed E-state index contributed by atoms with van der Waals surface area (Å²) in [6, 6.07) is 6.74. The topological polar surface area (TPSA) is 15.3 Å². The fraction of sp³-hybridized carbons (Fsp3) is 0.455. The Labute approximate surface area is 95.9 Å². The van der Waals surface area contributed by atoms with Crippen LogP contribution in [0.5, 0.6) is 0 Å². The van der Waals surface area contributed by atoms with Crippen LogP contribution < -0.4 is 10.2 Å². The van der Waals surface area contributed by atoms with E-state index >= 15 is 0 Å². The first-order valence-corrected chi connectivity index (χ1v) is 5.07. The Bertz CT molecular complexity index is 281. The molecule has 0 bridgehead atoms. The van der Waals surface area contributed by atoms with Crippen molar-refractivity contribution in [1.82, 2.24) is 5.32 Å². The minimum Gasteiger partial charge on any atom is -0.370 e. The Morgan fingerprint density at radius 2 is 1.80 bits per heavy atom. The van der Waals surface area contributed by atoms with Crippen molar-refractivity contribution in [2.24, 2.45) is 0 Å². The van der Waals surface area contributed by atoms with Gasteiger partial charge in [-0.1, -0.05) is 0 Å². The highest BCUT2D eigenvalue weighted by Gasteiger charge is 2.08. The molecule has 0 amide bonds. The molecule has 1 heterocycles. The molecule has 1 N–H and O–H groups in total. The fourth-order valence-corrected chi connectivity index (χ4v) is 1.76. The zero-order valence-corrected chi connectivity index (χ0v) is 9.39. The minimum atomic E-state index is -0.165. The van der Waals surface area contributed by atoms with Gasteiger partial charge in [0, 0.05) is 25.3 Å². The van der Waals surface area contributed by atoms with E-state index in [-0.39, 0.29) is 18.2 Å². The molecule has 2 nitrogen and oxygen atoms in total. The van der Waals surface area contributed by atoms with Crippen LogP contribution in [0.2, 0.25) is 0 Å². The summed E-state index contributed by atoms with van der Waals surface area (Å²) in [5.41, 5.74) is 1.12. The molecular weight excluding hydrogens is 215 g/mol. The van der Waals surface area contributed by atoms with Gasteiger partial charge in [0.25, 0.3) is 0 Å². The Kier molecular flexibility index (Phi) is 4.85. The normalized spacial score (nSPS) is 16.7. The van der Waals surface area contributed by atoms with Crippen LogP contribution in [0.15, 0.2) is 24.3 Å². The van der Waals surface area contributed by atoms with Crippen LogP contribution in [-0.4, -0.2) is 26.2 Å². The van der Waals surface area contributed by atoms with Crippen LogP contribution in [-0.2, 0) is 0 Å². The molecule has 1 aromatic carbocycles. The van der Waals surface area contributed by atoms with Crippen LogP contribution in [0.3, 0.4) is 0 Å². The zero-order chi connectivity index (χ0) is 9.80. The average Bonchev–Trinajstić information content (AvgIpc) is 2.47. The number of benzene rings is 1. The maximum atomic E-state index is 12.7. The lowest BCUT2D eigenvalue weighted by atomic mass is 10.2. The van der Waals surface area contributed by atoms with Gasteiger partial charge in [-0.3, -0.25) is 0 Å². The lowest BCUT2D eigenvalue weighted by molar-refractivity contribution is 0.627. The molecule has 2 rings (SSSR count). The molecule has 1 aliphatic rings. The predicted octanol–water partition coefficient (Wildman–Crippen LogP) is 2.05. The third-order valence-corrected chi connectivity index (χ3v) is 2.53. The monoisotopic (exact) mass is 230 g/mol. The molecule has 0 saturated carbocycles. The van der Waals surface area contributed by atoms with Crippen molar-refractivity contribution in [3.05, 3.63) is 30.1 Å². The molecular formula is C11H16ClFN2. The summed E-state index contributed by atoms with van der Waals surface area (Å²) < 4.78 is 12.7. The molecule has 0 spiro atoms. The van der Waals surface area contributed by atoms with Crippen LogP contribution in [0.25, 0.3) is 0 Å². The number of rotatable bonds is 1. The van der Waals surface area contributed by atoms with E-state index in [2.05, 4.69) is 10.2 Å². The average molecular weight is 231 g/mol. The van der Waals surface area contributed by atoms with Crippen LogP contribution in [0.1, 0.15) is 6.42 Å². The number of hydrogen-bond donors (Lipinski definition) is 1. The van der Waals surface area contributed by atoms with Gasteiger partial charge < -0.3 is 10.2 Å². The highest BCUT2D eigenvalue weighted by molar-refractivity contribution is 5.85. The summed E-state index contributed by atoms with van der Waals surface area (Å²) >= 11 is 0. The highest BCUT2D eigenvalue weighted by atomic mass is 35.5. The maximum Gasteiger partial charge on any atom is 0.123 e. The lowest BCUT2D eigenvalue weighted by Gasteiger charge is -2.21. The van der Waals surface area contributed by atoms with Gasteiger partial charge in [0.05, 0.1) is 0 Å². The first kappa shape index (κ1) is 12.3. The summed E-state index contributed by atoms with van der Waals surface area (Å²) in [5, 5.41) is 3.34. The van der Waals surface area contributed by atoms with Crippen molar-refractivity contribution >= 4 is 18.1 Å². The van der Waals surface area contributed by atoms with Gasteiger partial charge in [-0.25, -0.2) is 4.39 Å². The van der Waals surface area contributed by atoms with E-state index in [1.165, 1.54) is 12.1 Å². The number of halogens is 2. The van der Waals surface area contributed by atoms with E-state index < -0.39 is 0 Å². The minimum absolute atomic E-state index is 0. The van der Waals surface area contributed by atoms with Crippen molar-refractivity contribution < 1.29 is 4.39 Å².